The average molecular weight is 299 g/mol. The number of carboxylic acid groups (broad SMARTS) is 1. The second kappa shape index (κ2) is 5.83. The molecule has 1 N–H and O–H groups in total. The van der Waals surface area contributed by atoms with E-state index in [1.807, 2.05) is 20.8 Å². The molecule has 0 saturated carbocycles. The van der Waals surface area contributed by atoms with Crippen molar-refractivity contribution in [2.24, 2.45) is 5.92 Å². The fraction of sp³-hybridized carbons (Fsp3) is 0.867. The monoisotopic (exact) mass is 299 g/mol. The number of rotatable bonds is 1. The van der Waals surface area contributed by atoms with Gasteiger partial charge in [-0.2, -0.15) is 0 Å². The summed E-state index contributed by atoms with van der Waals surface area (Å²) in [6.07, 6.45) is 2.40. The molecule has 2 fully saturated rings. The van der Waals surface area contributed by atoms with Gasteiger partial charge >= 0.3 is 12.1 Å². The van der Waals surface area contributed by atoms with Gasteiger partial charge < -0.3 is 19.5 Å². The largest absolute Gasteiger partial charge is 0.481 e. The molecule has 0 aromatic rings. The normalized spacial score (nSPS) is 25.7. The molecular formula is C15H25NO5. The summed E-state index contributed by atoms with van der Waals surface area (Å²) in [6.45, 7) is 6.90. The van der Waals surface area contributed by atoms with E-state index in [0.717, 1.165) is 12.8 Å². The van der Waals surface area contributed by atoms with Crippen LogP contribution in [0.25, 0.3) is 0 Å². The summed E-state index contributed by atoms with van der Waals surface area (Å²) >= 11 is 0. The number of piperidine rings is 1. The molecule has 6 nitrogen and oxygen atoms in total. The SMILES string of the molecule is CC(C)(C)OC(=O)N1CC(C(=O)O)CCC12CCOCC2. The van der Waals surface area contributed by atoms with Gasteiger partial charge in [0.25, 0.3) is 0 Å². The summed E-state index contributed by atoms with van der Waals surface area (Å²) < 4.78 is 10.9. The molecule has 1 atom stereocenters. The third-order valence-electron chi connectivity index (χ3n) is 4.32. The molecule has 2 saturated heterocycles. The van der Waals surface area contributed by atoms with Gasteiger partial charge in [0, 0.05) is 19.8 Å². The van der Waals surface area contributed by atoms with Crippen molar-refractivity contribution in [2.75, 3.05) is 19.8 Å². The predicted molar refractivity (Wildman–Crippen MR) is 76.1 cm³/mol. The summed E-state index contributed by atoms with van der Waals surface area (Å²) in [5.74, 6) is -1.35. The fourth-order valence-corrected chi connectivity index (χ4v) is 3.14. The van der Waals surface area contributed by atoms with Crippen LogP contribution >= 0.6 is 0 Å². The summed E-state index contributed by atoms with van der Waals surface area (Å²) in [6, 6.07) is 0. The second-order valence-corrected chi connectivity index (χ2v) is 7.00. The highest BCUT2D eigenvalue weighted by Crippen LogP contribution is 2.39. The standard InChI is InChI=1S/C15H25NO5/c1-14(2,3)21-13(19)16-10-11(12(17)18)4-5-15(16)6-8-20-9-7-15/h11H,4-10H2,1-3H3,(H,17,18). The first-order valence-corrected chi connectivity index (χ1v) is 7.55. The molecule has 2 rings (SSSR count). The lowest BCUT2D eigenvalue weighted by Crippen LogP contribution is -2.60. The number of ether oxygens (including phenoxy) is 2. The number of carboxylic acids is 1. The smallest absolute Gasteiger partial charge is 0.410 e. The maximum Gasteiger partial charge on any atom is 0.410 e. The third kappa shape index (κ3) is 3.67. The Labute approximate surface area is 125 Å². The summed E-state index contributed by atoms with van der Waals surface area (Å²) in [4.78, 5) is 25.5. The zero-order chi connectivity index (χ0) is 15.7. The highest BCUT2D eigenvalue weighted by atomic mass is 16.6. The molecule has 1 amide bonds. The van der Waals surface area contributed by atoms with Crippen molar-refractivity contribution in [2.45, 2.75) is 57.6 Å². The van der Waals surface area contributed by atoms with Crippen LogP contribution in [0.3, 0.4) is 0 Å². The first-order valence-electron chi connectivity index (χ1n) is 7.55. The van der Waals surface area contributed by atoms with Gasteiger partial charge in [0.15, 0.2) is 0 Å². The number of nitrogens with zero attached hydrogens (tertiary/aromatic N) is 1. The Kier molecular flexibility index (Phi) is 4.46. The first-order chi connectivity index (χ1) is 9.73. The number of amides is 1. The fourth-order valence-electron chi connectivity index (χ4n) is 3.14. The summed E-state index contributed by atoms with van der Waals surface area (Å²) in [5.41, 5.74) is -0.883. The van der Waals surface area contributed by atoms with Gasteiger partial charge in [0.2, 0.25) is 0 Å². The average Bonchev–Trinajstić information content (AvgIpc) is 2.37. The number of hydrogen-bond donors (Lipinski definition) is 1. The van der Waals surface area contributed by atoms with E-state index >= 15 is 0 Å². The van der Waals surface area contributed by atoms with Crippen molar-refractivity contribution in [3.63, 3.8) is 0 Å². The van der Waals surface area contributed by atoms with Crippen LogP contribution in [0.4, 0.5) is 4.79 Å². The van der Waals surface area contributed by atoms with Gasteiger partial charge in [0.05, 0.1) is 11.5 Å². The Balaban J connectivity index is 2.19. The van der Waals surface area contributed by atoms with Gasteiger partial charge in [-0.15, -0.1) is 0 Å². The lowest BCUT2D eigenvalue weighted by Gasteiger charge is -2.50. The Hall–Kier alpha value is -1.30. The number of likely N-dealkylation sites (tertiary alicyclic amines) is 1. The Morgan fingerprint density at radius 3 is 2.38 bits per heavy atom. The van der Waals surface area contributed by atoms with Crippen molar-refractivity contribution in [1.29, 1.82) is 0 Å². The summed E-state index contributed by atoms with van der Waals surface area (Å²) in [7, 11) is 0. The van der Waals surface area contributed by atoms with Gasteiger partial charge in [-0.3, -0.25) is 4.79 Å². The van der Waals surface area contributed by atoms with Crippen molar-refractivity contribution >= 4 is 12.1 Å². The lowest BCUT2D eigenvalue weighted by atomic mass is 9.77. The molecule has 0 aromatic carbocycles. The minimum absolute atomic E-state index is 0.226. The molecule has 6 heteroatoms. The maximum atomic E-state index is 12.5. The Morgan fingerprint density at radius 2 is 1.86 bits per heavy atom. The van der Waals surface area contributed by atoms with E-state index in [0.29, 0.717) is 26.1 Å². The van der Waals surface area contributed by atoms with Gasteiger partial charge in [-0.05, 0) is 46.5 Å². The molecule has 2 heterocycles. The number of carbonyl (C=O) groups is 2. The van der Waals surface area contributed by atoms with Crippen molar-refractivity contribution < 1.29 is 24.2 Å². The molecular weight excluding hydrogens is 274 g/mol. The molecule has 1 spiro atoms. The van der Waals surface area contributed by atoms with Gasteiger partial charge in [-0.25, -0.2) is 4.79 Å². The molecule has 0 aromatic heterocycles. The van der Waals surface area contributed by atoms with Crippen LogP contribution < -0.4 is 0 Å². The van der Waals surface area contributed by atoms with E-state index in [1.165, 1.54) is 0 Å². The predicted octanol–water partition coefficient (Wildman–Crippen LogP) is 2.27. The van der Waals surface area contributed by atoms with Crippen molar-refractivity contribution in [3.05, 3.63) is 0 Å². The quantitative estimate of drug-likeness (QED) is 0.803. The topological polar surface area (TPSA) is 76.1 Å². The molecule has 0 bridgehead atoms. The molecule has 2 aliphatic heterocycles. The van der Waals surface area contributed by atoms with Crippen molar-refractivity contribution in [3.8, 4) is 0 Å². The van der Waals surface area contributed by atoms with E-state index < -0.39 is 23.6 Å². The third-order valence-corrected chi connectivity index (χ3v) is 4.32. The van der Waals surface area contributed by atoms with Crippen LogP contribution in [-0.2, 0) is 14.3 Å². The second-order valence-electron chi connectivity index (χ2n) is 7.00. The van der Waals surface area contributed by atoms with Crippen LogP contribution in [0.5, 0.6) is 0 Å². The zero-order valence-electron chi connectivity index (χ0n) is 13.1. The lowest BCUT2D eigenvalue weighted by molar-refractivity contribution is -0.146. The number of carbonyl (C=O) groups excluding carboxylic acids is 1. The first kappa shape index (κ1) is 16.1. The zero-order valence-corrected chi connectivity index (χ0v) is 13.1. The van der Waals surface area contributed by atoms with E-state index in [-0.39, 0.29) is 12.1 Å². The molecule has 0 aliphatic carbocycles. The molecule has 0 radical (unpaired) electrons. The van der Waals surface area contributed by atoms with E-state index in [2.05, 4.69) is 0 Å². The van der Waals surface area contributed by atoms with Gasteiger partial charge in [0.1, 0.15) is 5.60 Å². The molecule has 1 unspecified atom stereocenters. The highest BCUT2D eigenvalue weighted by Gasteiger charge is 2.47. The highest BCUT2D eigenvalue weighted by molar-refractivity contribution is 5.74. The van der Waals surface area contributed by atoms with Crippen LogP contribution in [-0.4, -0.2) is 53.0 Å². The Morgan fingerprint density at radius 1 is 1.24 bits per heavy atom. The molecule has 120 valence electrons. The molecule has 21 heavy (non-hydrogen) atoms. The maximum absolute atomic E-state index is 12.5. The van der Waals surface area contributed by atoms with E-state index in [1.54, 1.807) is 4.90 Å². The van der Waals surface area contributed by atoms with Crippen LogP contribution in [0.1, 0.15) is 46.5 Å². The number of hydrogen-bond acceptors (Lipinski definition) is 4. The van der Waals surface area contributed by atoms with Gasteiger partial charge in [-0.1, -0.05) is 0 Å². The number of aliphatic carboxylic acids is 1. The molecule has 2 aliphatic rings. The van der Waals surface area contributed by atoms with E-state index in [4.69, 9.17) is 9.47 Å². The minimum atomic E-state index is -0.842. The Bertz CT molecular complexity index is 409. The van der Waals surface area contributed by atoms with Crippen LogP contribution in [0.15, 0.2) is 0 Å². The van der Waals surface area contributed by atoms with Crippen LogP contribution in [0, 0.1) is 5.92 Å². The van der Waals surface area contributed by atoms with Crippen molar-refractivity contribution in [1.82, 2.24) is 4.90 Å². The van der Waals surface area contributed by atoms with Crippen LogP contribution in [0.2, 0.25) is 0 Å². The minimum Gasteiger partial charge on any atom is -0.481 e. The summed E-state index contributed by atoms with van der Waals surface area (Å²) in [5, 5.41) is 9.25. The van der Waals surface area contributed by atoms with E-state index in [9.17, 15) is 14.7 Å².